The van der Waals surface area contributed by atoms with Crippen molar-refractivity contribution < 1.29 is 0 Å². The average Bonchev–Trinajstić information content (AvgIpc) is 2.64. The second-order valence-electron chi connectivity index (χ2n) is 4.97. The molecule has 0 saturated heterocycles. The minimum absolute atomic E-state index is 0.433. The number of nitrogens with two attached hydrogens (primary N) is 1. The predicted octanol–water partition coefficient (Wildman–Crippen LogP) is 3.42. The zero-order valence-electron chi connectivity index (χ0n) is 9.59. The quantitative estimate of drug-likeness (QED) is 0.894. The minimum Gasteiger partial charge on any atom is -0.397 e. The molecule has 2 rings (SSSR count). The molecule has 0 radical (unpaired) electrons. The van der Waals surface area contributed by atoms with Gasteiger partial charge in [0.05, 0.1) is 16.4 Å². The first-order valence-corrected chi connectivity index (χ1v) is 6.53. The number of hydrogen-bond acceptors (Lipinski definition) is 3. The summed E-state index contributed by atoms with van der Waals surface area (Å²) in [6, 6.07) is 1.88. The van der Waals surface area contributed by atoms with E-state index in [-0.39, 0.29) is 0 Å². The lowest BCUT2D eigenvalue weighted by atomic mass is 9.89. The Labute approximate surface area is 105 Å². The molecule has 1 aliphatic rings. The lowest BCUT2D eigenvalue weighted by Gasteiger charge is -2.24. The Morgan fingerprint density at radius 3 is 2.81 bits per heavy atom. The van der Waals surface area contributed by atoms with E-state index in [1.807, 2.05) is 6.07 Å². The molecule has 1 heterocycles. The Morgan fingerprint density at radius 2 is 2.19 bits per heavy atom. The van der Waals surface area contributed by atoms with E-state index in [2.05, 4.69) is 33.2 Å². The number of nitrogen functional groups attached to an aromatic ring is 1. The van der Waals surface area contributed by atoms with Crippen LogP contribution in [0, 0.1) is 5.41 Å². The molecule has 0 bridgehead atoms. The molecule has 0 amide bonds. The second-order valence-corrected chi connectivity index (χ2v) is 5.82. The van der Waals surface area contributed by atoms with Gasteiger partial charge in [0, 0.05) is 6.54 Å². The van der Waals surface area contributed by atoms with Crippen LogP contribution in [0.5, 0.6) is 0 Å². The van der Waals surface area contributed by atoms with Gasteiger partial charge in [0.15, 0.2) is 0 Å². The number of halogens is 1. The fourth-order valence-corrected chi connectivity index (χ4v) is 2.79. The van der Waals surface area contributed by atoms with Crippen LogP contribution in [0.2, 0.25) is 0 Å². The molecule has 1 aromatic rings. The van der Waals surface area contributed by atoms with Crippen LogP contribution in [0.1, 0.15) is 32.6 Å². The zero-order valence-corrected chi connectivity index (χ0v) is 11.2. The molecule has 1 aromatic heterocycles. The summed E-state index contributed by atoms with van der Waals surface area (Å²) in [7, 11) is 0. The molecule has 88 valence electrons. The lowest BCUT2D eigenvalue weighted by Crippen LogP contribution is -2.23. The Balaban J connectivity index is 1.99. The monoisotopic (exact) mass is 283 g/mol. The van der Waals surface area contributed by atoms with E-state index in [0.717, 1.165) is 16.8 Å². The number of pyridine rings is 1. The second kappa shape index (κ2) is 4.62. The van der Waals surface area contributed by atoms with Gasteiger partial charge < -0.3 is 11.1 Å². The first kappa shape index (κ1) is 11.7. The highest BCUT2D eigenvalue weighted by molar-refractivity contribution is 9.10. The molecule has 1 aliphatic carbocycles. The predicted molar refractivity (Wildman–Crippen MR) is 71.4 cm³/mol. The molecule has 0 spiro atoms. The highest BCUT2D eigenvalue weighted by atomic mass is 79.9. The van der Waals surface area contributed by atoms with Crippen molar-refractivity contribution >= 4 is 27.4 Å². The van der Waals surface area contributed by atoms with Gasteiger partial charge in [0.1, 0.15) is 5.82 Å². The van der Waals surface area contributed by atoms with Crippen molar-refractivity contribution in [2.45, 2.75) is 32.6 Å². The van der Waals surface area contributed by atoms with Crippen molar-refractivity contribution in [3.8, 4) is 0 Å². The average molecular weight is 284 g/mol. The third kappa shape index (κ3) is 2.67. The molecule has 0 aliphatic heterocycles. The van der Waals surface area contributed by atoms with E-state index in [9.17, 15) is 0 Å². The van der Waals surface area contributed by atoms with Gasteiger partial charge in [-0.15, -0.1) is 0 Å². The minimum atomic E-state index is 0.433. The van der Waals surface area contributed by atoms with Crippen molar-refractivity contribution in [3.63, 3.8) is 0 Å². The van der Waals surface area contributed by atoms with Gasteiger partial charge in [-0.2, -0.15) is 0 Å². The van der Waals surface area contributed by atoms with Crippen LogP contribution in [-0.2, 0) is 0 Å². The Morgan fingerprint density at radius 1 is 1.50 bits per heavy atom. The zero-order chi connectivity index (χ0) is 11.6. The van der Waals surface area contributed by atoms with Crippen LogP contribution >= 0.6 is 15.9 Å². The number of hydrogen-bond donors (Lipinski definition) is 2. The molecular formula is C12H18BrN3. The van der Waals surface area contributed by atoms with E-state index in [0.29, 0.717) is 11.1 Å². The highest BCUT2D eigenvalue weighted by Gasteiger charge is 2.28. The fraction of sp³-hybridized carbons (Fsp3) is 0.583. The molecule has 1 saturated carbocycles. The molecule has 0 atom stereocenters. The van der Waals surface area contributed by atoms with Gasteiger partial charge in [-0.3, -0.25) is 0 Å². The Kier molecular flexibility index (Phi) is 3.38. The van der Waals surface area contributed by atoms with Crippen molar-refractivity contribution in [2.24, 2.45) is 5.41 Å². The Bertz CT molecular complexity index is 373. The number of anilines is 2. The Hall–Kier alpha value is -0.770. The summed E-state index contributed by atoms with van der Waals surface area (Å²) in [5.74, 6) is 0.891. The maximum atomic E-state index is 5.65. The van der Waals surface area contributed by atoms with E-state index in [4.69, 9.17) is 5.73 Å². The van der Waals surface area contributed by atoms with Crippen LogP contribution in [0.3, 0.4) is 0 Å². The van der Waals surface area contributed by atoms with Gasteiger partial charge in [-0.05, 0) is 40.3 Å². The maximum Gasteiger partial charge on any atom is 0.140 e. The van der Waals surface area contributed by atoms with Crippen LogP contribution in [0.4, 0.5) is 11.5 Å². The smallest absolute Gasteiger partial charge is 0.140 e. The van der Waals surface area contributed by atoms with Crippen LogP contribution in [0.15, 0.2) is 16.7 Å². The standard InChI is InChI=1S/C12H18BrN3/c1-12(4-2-3-5-12)8-16-11-10(13)6-9(14)7-15-11/h6-7H,2-5,8,14H2,1H3,(H,15,16). The van der Waals surface area contributed by atoms with Gasteiger partial charge in [0.2, 0.25) is 0 Å². The highest BCUT2D eigenvalue weighted by Crippen LogP contribution is 2.37. The molecule has 4 heteroatoms. The topological polar surface area (TPSA) is 50.9 Å². The third-order valence-electron chi connectivity index (χ3n) is 3.36. The molecular weight excluding hydrogens is 266 g/mol. The van der Waals surface area contributed by atoms with Gasteiger partial charge in [-0.1, -0.05) is 19.8 Å². The normalized spacial score (nSPS) is 18.6. The summed E-state index contributed by atoms with van der Waals surface area (Å²) in [4.78, 5) is 4.29. The molecule has 3 N–H and O–H groups in total. The van der Waals surface area contributed by atoms with Gasteiger partial charge >= 0.3 is 0 Å². The van der Waals surface area contributed by atoms with Crippen molar-refractivity contribution in [3.05, 3.63) is 16.7 Å². The number of rotatable bonds is 3. The third-order valence-corrected chi connectivity index (χ3v) is 3.96. The fourth-order valence-electron chi connectivity index (χ4n) is 2.29. The first-order chi connectivity index (χ1) is 7.59. The molecule has 3 nitrogen and oxygen atoms in total. The summed E-state index contributed by atoms with van der Waals surface area (Å²) >= 11 is 3.47. The summed E-state index contributed by atoms with van der Waals surface area (Å²) in [5, 5.41) is 3.41. The summed E-state index contributed by atoms with van der Waals surface area (Å²) in [5.41, 5.74) is 6.77. The van der Waals surface area contributed by atoms with Crippen LogP contribution < -0.4 is 11.1 Å². The number of nitrogens with one attached hydrogen (secondary N) is 1. The van der Waals surface area contributed by atoms with Crippen LogP contribution in [-0.4, -0.2) is 11.5 Å². The van der Waals surface area contributed by atoms with Gasteiger partial charge in [0.25, 0.3) is 0 Å². The van der Waals surface area contributed by atoms with E-state index < -0.39 is 0 Å². The van der Waals surface area contributed by atoms with Crippen molar-refractivity contribution in [1.29, 1.82) is 0 Å². The molecule has 16 heavy (non-hydrogen) atoms. The number of nitrogens with zero attached hydrogens (tertiary/aromatic N) is 1. The summed E-state index contributed by atoms with van der Waals surface area (Å²) < 4.78 is 0.939. The largest absolute Gasteiger partial charge is 0.397 e. The summed E-state index contributed by atoms with van der Waals surface area (Å²) in [6.07, 6.45) is 7.02. The molecule has 0 unspecified atom stereocenters. The number of aromatic nitrogens is 1. The van der Waals surface area contributed by atoms with E-state index in [1.54, 1.807) is 6.20 Å². The van der Waals surface area contributed by atoms with Gasteiger partial charge in [-0.25, -0.2) is 4.98 Å². The first-order valence-electron chi connectivity index (χ1n) is 5.74. The van der Waals surface area contributed by atoms with Crippen LogP contribution in [0.25, 0.3) is 0 Å². The SMILES string of the molecule is CC1(CNc2ncc(N)cc2Br)CCCC1. The van der Waals surface area contributed by atoms with E-state index >= 15 is 0 Å². The lowest BCUT2D eigenvalue weighted by molar-refractivity contribution is 0.361. The van der Waals surface area contributed by atoms with Crippen molar-refractivity contribution in [2.75, 3.05) is 17.6 Å². The van der Waals surface area contributed by atoms with E-state index in [1.165, 1.54) is 25.7 Å². The van der Waals surface area contributed by atoms with Crippen molar-refractivity contribution in [1.82, 2.24) is 4.98 Å². The summed E-state index contributed by atoms with van der Waals surface area (Å²) in [6.45, 7) is 3.33. The molecule has 0 aromatic carbocycles. The molecule has 1 fully saturated rings. The maximum absolute atomic E-state index is 5.65.